The summed E-state index contributed by atoms with van der Waals surface area (Å²) in [6.07, 6.45) is 0.737. The summed E-state index contributed by atoms with van der Waals surface area (Å²) in [6.45, 7) is 8.16. The van der Waals surface area contributed by atoms with Crippen molar-refractivity contribution < 1.29 is 4.79 Å². The molecule has 0 saturated carbocycles. The Hall–Kier alpha value is -2.44. The van der Waals surface area contributed by atoms with Crippen molar-refractivity contribution in [1.82, 2.24) is 4.90 Å². The van der Waals surface area contributed by atoms with Gasteiger partial charge in [-0.15, -0.1) is 11.3 Å². The maximum atomic E-state index is 13.2. The second kappa shape index (κ2) is 7.85. The Bertz CT molecular complexity index is 995. The molecule has 0 saturated heterocycles. The van der Waals surface area contributed by atoms with Gasteiger partial charge in [-0.1, -0.05) is 26.0 Å². The molecule has 5 nitrogen and oxygen atoms in total. The minimum absolute atomic E-state index is 0.0156. The van der Waals surface area contributed by atoms with Gasteiger partial charge in [0.25, 0.3) is 0 Å². The van der Waals surface area contributed by atoms with Gasteiger partial charge in [-0.25, -0.2) is 0 Å². The Labute approximate surface area is 156 Å². The second-order valence-corrected chi connectivity index (χ2v) is 7.15. The fourth-order valence-corrected chi connectivity index (χ4v) is 4.47. The van der Waals surface area contributed by atoms with E-state index in [1.807, 2.05) is 36.4 Å². The summed E-state index contributed by atoms with van der Waals surface area (Å²) in [5, 5.41) is 7.52. The highest BCUT2D eigenvalue weighted by Gasteiger charge is 2.16. The van der Waals surface area contributed by atoms with Gasteiger partial charge < -0.3 is 10.6 Å². The van der Waals surface area contributed by atoms with E-state index in [1.165, 1.54) is 11.3 Å². The van der Waals surface area contributed by atoms with Crippen LogP contribution < -0.4 is 16.1 Å². The van der Waals surface area contributed by atoms with Crippen LogP contribution in [0.25, 0.3) is 20.2 Å². The molecule has 0 aliphatic carbocycles. The first kappa shape index (κ1) is 18.4. The van der Waals surface area contributed by atoms with Gasteiger partial charge in [-0.3, -0.25) is 14.5 Å². The third-order valence-electron chi connectivity index (χ3n) is 4.67. The molecule has 2 N–H and O–H groups in total. The van der Waals surface area contributed by atoms with E-state index >= 15 is 0 Å². The Morgan fingerprint density at radius 3 is 2.50 bits per heavy atom. The highest BCUT2D eigenvalue weighted by atomic mass is 32.1. The van der Waals surface area contributed by atoms with Crippen LogP contribution in [-0.4, -0.2) is 30.6 Å². The normalized spacial score (nSPS) is 12.5. The highest BCUT2D eigenvalue weighted by molar-refractivity contribution is 7.25. The summed E-state index contributed by atoms with van der Waals surface area (Å²) in [6, 6.07) is 11.3. The molecule has 0 aliphatic heterocycles. The molecule has 136 valence electrons. The van der Waals surface area contributed by atoms with Gasteiger partial charge in [0.15, 0.2) is 5.43 Å². The van der Waals surface area contributed by atoms with E-state index in [4.69, 9.17) is 0 Å². The van der Waals surface area contributed by atoms with Crippen molar-refractivity contribution in [3.05, 3.63) is 46.6 Å². The van der Waals surface area contributed by atoms with E-state index in [0.29, 0.717) is 22.9 Å². The first-order valence-electron chi connectivity index (χ1n) is 8.80. The van der Waals surface area contributed by atoms with Gasteiger partial charge in [0, 0.05) is 15.8 Å². The lowest BCUT2D eigenvalue weighted by atomic mass is 10.1. The maximum absolute atomic E-state index is 13.2. The van der Waals surface area contributed by atoms with E-state index in [-0.39, 0.29) is 11.6 Å². The third-order valence-corrected chi connectivity index (χ3v) is 5.87. The quantitative estimate of drug-likeness (QED) is 0.374. The number of amides is 1. The SMILES string of the molecule is CCN(CC)C(C)Nc1ccc(NC=O)c2sc3ccccc3c(=O)c12. The van der Waals surface area contributed by atoms with Gasteiger partial charge in [-0.2, -0.15) is 0 Å². The summed E-state index contributed by atoms with van der Waals surface area (Å²) >= 11 is 1.52. The van der Waals surface area contributed by atoms with Gasteiger partial charge in [0.05, 0.1) is 21.9 Å². The Kier molecular flexibility index (Phi) is 5.54. The van der Waals surface area contributed by atoms with E-state index in [1.54, 1.807) is 0 Å². The van der Waals surface area contributed by atoms with Crippen molar-refractivity contribution in [2.24, 2.45) is 0 Å². The molecule has 0 spiro atoms. The summed E-state index contributed by atoms with van der Waals surface area (Å²) in [7, 11) is 0. The Balaban J connectivity index is 2.24. The number of fused-ring (bicyclic) bond motifs is 2. The molecule has 1 amide bonds. The molecule has 0 radical (unpaired) electrons. The fraction of sp³-hybridized carbons (Fsp3) is 0.300. The van der Waals surface area contributed by atoms with Crippen molar-refractivity contribution >= 4 is 49.3 Å². The summed E-state index contributed by atoms with van der Waals surface area (Å²) < 4.78 is 1.70. The molecule has 1 unspecified atom stereocenters. The molecule has 2 aromatic carbocycles. The lowest BCUT2D eigenvalue weighted by Gasteiger charge is -2.28. The number of nitrogens with one attached hydrogen (secondary N) is 2. The minimum Gasteiger partial charge on any atom is -0.369 e. The Morgan fingerprint density at radius 1 is 1.12 bits per heavy atom. The van der Waals surface area contributed by atoms with Crippen LogP contribution in [0.3, 0.4) is 0 Å². The first-order valence-corrected chi connectivity index (χ1v) is 9.61. The first-order chi connectivity index (χ1) is 12.6. The molecule has 26 heavy (non-hydrogen) atoms. The number of carbonyl (C=O) groups is 1. The molecule has 1 heterocycles. The number of rotatable bonds is 7. The number of anilines is 2. The molecule has 0 aliphatic rings. The topological polar surface area (TPSA) is 61.4 Å². The van der Waals surface area contributed by atoms with Crippen LogP contribution in [0.5, 0.6) is 0 Å². The van der Waals surface area contributed by atoms with E-state index < -0.39 is 0 Å². The van der Waals surface area contributed by atoms with Gasteiger partial charge >= 0.3 is 0 Å². The highest BCUT2D eigenvalue weighted by Crippen LogP contribution is 2.34. The van der Waals surface area contributed by atoms with E-state index in [9.17, 15) is 9.59 Å². The summed E-state index contributed by atoms with van der Waals surface area (Å²) in [4.78, 5) is 26.5. The molecule has 0 fully saturated rings. The molecule has 1 atom stereocenters. The van der Waals surface area contributed by atoms with Gasteiger partial charge in [-0.05, 0) is 44.3 Å². The molecular formula is C20H23N3O2S. The van der Waals surface area contributed by atoms with Gasteiger partial charge in [0.2, 0.25) is 6.41 Å². The number of hydrogen-bond acceptors (Lipinski definition) is 5. The van der Waals surface area contributed by atoms with Crippen molar-refractivity contribution in [2.45, 2.75) is 26.9 Å². The summed E-state index contributed by atoms with van der Waals surface area (Å²) in [5.41, 5.74) is 1.44. The predicted octanol–water partition coefficient (Wildman–Crippen LogP) is 4.08. The van der Waals surface area contributed by atoms with E-state index in [0.717, 1.165) is 28.2 Å². The predicted molar refractivity (Wildman–Crippen MR) is 111 cm³/mol. The molecule has 1 aromatic heterocycles. The molecular weight excluding hydrogens is 346 g/mol. The lowest BCUT2D eigenvalue weighted by molar-refractivity contribution is -0.105. The van der Waals surface area contributed by atoms with Crippen LogP contribution in [0.2, 0.25) is 0 Å². The third kappa shape index (κ3) is 3.30. The zero-order chi connectivity index (χ0) is 18.7. The number of hydrogen-bond donors (Lipinski definition) is 2. The van der Waals surface area contributed by atoms with Crippen LogP contribution in [0, 0.1) is 0 Å². The van der Waals surface area contributed by atoms with Crippen LogP contribution >= 0.6 is 11.3 Å². The Morgan fingerprint density at radius 2 is 1.81 bits per heavy atom. The zero-order valence-electron chi connectivity index (χ0n) is 15.2. The van der Waals surface area contributed by atoms with Crippen LogP contribution in [0.4, 0.5) is 11.4 Å². The second-order valence-electron chi connectivity index (χ2n) is 6.10. The van der Waals surface area contributed by atoms with Gasteiger partial charge in [0.1, 0.15) is 0 Å². The fourth-order valence-electron chi connectivity index (χ4n) is 3.29. The zero-order valence-corrected chi connectivity index (χ0v) is 16.0. The average molecular weight is 369 g/mol. The molecule has 0 bridgehead atoms. The lowest BCUT2D eigenvalue weighted by Crippen LogP contribution is -2.38. The monoisotopic (exact) mass is 369 g/mol. The van der Waals surface area contributed by atoms with E-state index in [2.05, 4.69) is 36.3 Å². The van der Waals surface area contributed by atoms with Crippen molar-refractivity contribution in [1.29, 1.82) is 0 Å². The van der Waals surface area contributed by atoms with Crippen LogP contribution in [0.15, 0.2) is 41.2 Å². The standard InChI is InChI=1S/C20H23N3O2S/c1-4-23(5-2)13(3)22-15-10-11-16(21-12-24)20-18(15)19(25)14-8-6-7-9-17(14)26-20/h6-13,22H,4-5H2,1-3H3,(H,21,24). The summed E-state index contributed by atoms with van der Waals surface area (Å²) in [5.74, 6) is 0. The van der Waals surface area contributed by atoms with Crippen LogP contribution in [-0.2, 0) is 4.79 Å². The van der Waals surface area contributed by atoms with Crippen molar-refractivity contribution in [3.63, 3.8) is 0 Å². The minimum atomic E-state index is -0.0156. The number of carbonyl (C=O) groups excluding carboxylic acids is 1. The smallest absolute Gasteiger partial charge is 0.211 e. The number of nitrogens with zero attached hydrogens (tertiary/aromatic N) is 1. The average Bonchev–Trinajstić information content (AvgIpc) is 2.65. The maximum Gasteiger partial charge on any atom is 0.211 e. The molecule has 3 aromatic rings. The number of benzene rings is 2. The largest absolute Gasteiger partial charge is 0.369 e. The van der Waals surface area contributed by atoms with Crippen molar-refractivity contribution in [3.8, 4) is 0 Å². The molecule has 6 heteroatoms. The van der Waals surface area contributed by atoms with Crippen molar-refractivity contribution in [2.75, 3.05) is 23.7 Å². The molecule has 3 rings (SSSR count). The van der Waals surface area contributed by atoms with Crippen LogP contribution in [0.1, 0.15) is 20.8 Å².